The number of ether oxygens (including phenoxy) is 2. The predicted octanol–water partition coefficient (Wildman–Crippen LogP) is 15.5. The second-order valence-corrected chi connectivity index (χ2v) is 15.1. The van der Waals surface area contributed by atoms with Gasteiger partial charge in [0.1, 0.15) is 6.10 Å². The fraction of sp³-hybridized carbons (Fsp3) is 0.706. The zero-order chi connectivity index (χ0) is 39.8. The Kier molecular flexibility index (Phi) is 45.6. The molecule has 4 heteroatoms. The van der Waals surface area contributed by atoms with Crippen LogP contribution in [-0.2, 0) is 14.3 Å². The van der Waals surface area contributed by atoms with Crippen molar-refractivity contribution >= 4 is 5.97 Å². The van der Waals surface area contributed by atoms with Gasteiger partial charge >= 0.3 is 5.97 Å². The molecule has 0 aliphatic carbocycles. The van der Waals surface area contributed by atoms with Crippen LogP contribution in [-0.4, -0.2) is 37.0 Å². The van der Waals surface area contributed by atoms with E-state index in [9.17, 15) is 9.90 Å². The summed E-state index contributed by atoms with van der Waals surface area (Å²) in [6.07, 6.45) is 66.5. The fourth-order valence-electron chi connectivity index (χ4n) is 6.33. The van der Waals surface area contributed by atoms with Crippen LogP contribution in [0.2, 0.25) is 0 Å². The molecule has 0 aliphatic rings. The minimum absolute atomic E-state index is 0.179. The SMILES string of the molecule is CC/C=C\C/C=C\C/C=C\C/C=C\CCCCCCCCCCCCCCC(=O)OC(CO)COCCCCCCCCCC/C=C\C/C=C\C/C=C\CC. The number of carbonyl (C=O) groups excluding carboxylic acids is 1. The maximum absolute atomic E-state index is 12.2. The summed E-state index contributed by atoms with van der Waals surface area (Å²) in [6.45, 7) is 5.11. The van der Waals surface area contributed by atoms with Crippen molar-refractivity contribution in [3.63, 3.8) is 0 Å². The Morgan fingerprint density at radius 2 is 0.764 bits per heavy atom. The van der Waals surface area contributed by atoms with E-state index in [1.165, 1.54) is 122 Å². The molecule has 0 aromatic heterocycles. The number of aliphatic hydroxyl groups is 1. The number of carbonyl (C=O) groups is 1. The number of allylic oxidation sites excluding steroid dienone is 14. The zero-order valence-electron chi connectivity index (χ0n) is 36.2. The fourth-order valence-corrected chi connectivity index (χ4v) is 6.33. The Bertz CT molecular complexity index is 985. The Morgan fingerprint density at radius 3 is 1.15 bits per heavy atom. The average molecular weight is 765 g/mol. The van der Waals surface area contributed by atoms with Gasteiger partial charge in [0.05, 0.1) is 13.2 Å². The largest absolute Gasteiger partial charge is 0.457 e. The van der Waals surface area contributed by atoms with E-state index in [-0.39, 0.29) is 19.2 Å². The third kappa shape index (κ3) is 45.9. The lowest BCUT2D eigenvalue weighted by atomic mass is 10.0. The first kappa shape index (κ1) is 52.6. The molecule has 0 fully saturated rings. The van der Waals surface area contributed by atoms with E-state index in [4.69, 9.17) is 9.47 Å². The van der Waals surface area contributed by atoms with Crippen molar-refractivity contribution in [3.05, 3.63) is 85.1 Å². The van der Waals surface area contributed by atoms with Gasteiger partial charge in [-0.1, -0.05) is 202 Å². The topological polar surface area (TPSA) is 55.8 Å². The summed E-state index contributed by atoms with van der Waals surface area (Å²) < 4.78 is 11.2. The number of unbranched alkanes of at least 4 members (excludes halogenated alkanes) is 20. The first-order valence-corrected chi connectivity index (χ1v) is 23.2. The molecule has 0 aromatic rings. The van der Waals surface area contributed by atoms with E-state index in [2.05, 4.69) is 98.9 Å². The quantitative estimate of drug-likeness (QED) is 0.0382. The minimum Gasteiger partial charge on any atom is -0.457 e. The molecule has 0 saturated carbocycles. The van der Waals surface area contributed by atoms with Crippen LogP contribution < -0.4 is 0 Å². The summed E-state index contributed by atoms with van der Waals surface area (Å²) in [7, 11) is 0. The van der Waals surface area contributed by atoms with Crippen LogP contribution in [0.1, 0.15) is 206 Å². The summed E-state index contributed by atoms with van der Waals surface area (Å²) in [6, 6.07) is 0. The highest BCUT2D eigenvalue weighted by Gasteiger charge is 2.13. The van der Waals surface area contributed by atoms with E-state index in [1.807, 2.05) is 0 Å². The van der Waals surface area contributed by atoms with Crippen LogP contribution >= 0.6 is 0 Å². The maximum atomic E-state index is 12.2. The second kappa shape index (κ2) is 47.7. The molecule has 0 rings (SSSR count). The molecular weight excluding hydrogens is 677 g/mol. The molecular formula is C51H88O4. The predicted molar refractivity (Wildman–Crippen MR) is 242 cm³/mol. The molecule has 0 heterocycles. The summed E-state index contributed by atoms with van der Waals surface area (Å²) >= 11 is 0. The molecule has 0 amide bonds. The van der Waals surface area contributed by atoms with Crippen LogP contribution in [0.25, 0.3) is 0 Å². The number of rotatable bonds is 42. The Hall–Kier alpha value is -2.43. The van der Waals surface area contributed by atoms with E-state index < -0.39 is 6.10 Å². The Morgan fingerprint density at radius 1 is 0.436 bits per heavy atom. The first-order valence-electron chi connectivity index (χ1n) is 23.2. The standard InChI is InChI=1S/C51H88O4/c1-3-5-7-9-11-13-15-17-19-21-23-24-25-26-27-28-29-30-32-34-36-38-40-42-44-46-51(53)55-50(48-52)49-54-47-45-43-41-39-37-35-33-31-22-20-18-16-14-12-10-8-6-4-2/h5-8,11-14,17-20,23-24,50,52H,3-4,9-10,15-16,21-22,25-49H2,1-2H3/b7-5-,8-6-,13-11-,14-12-,19-17-,20-18-,24-23-. The van der Waals surface area contributed by atoms with E-state index in [0.717, 1.165) is 64.2 Å². The number of aliphatic hydroxyl groups excluding tert-OH is 1. The molecule has 0 bridgehead atoms. The van der Waals surface area contributed by atoms with Crippen molar-refractivity contribution in [1.29, 1.82) is 0 Å². The lowest BCUT2D eigenvalue weighted by Gasteiger charge is -2.16. The number of hydrogen-bond acceptors (Lipinski definition) is 4. The van der Waals surface area contributed by atoms with Crippen molar-refractivity contribution in [2.45, 2.75) is 213 Å². The van der Waals surface area contributed by atoms with Crippen molar-refractivity contribution in [2.24, 2.45) is 0 Å². The summed E-state index contributed by atoms with van der Waals surface area (Å²) in [4.78, 5) is 12.2. The molecule has 55 heavy (non-hydrogen) atoms. The van der Waals surface area contributed by atoms with Gasteiger partial charge < -0.3 is 14.6 Å². The van der Waals surface area contributed by atoms with Crippen LogP contribution in [0.5, 0.6) is 0 Å². The van der Waals surface area contributed by atoms with Crippen molar-refractivity contribution in [2.75, 3.05) is 19.8 Å². The van der Waals surface area contributed by atoms with Gasteiger partial charge in [0.2, 0.25) is 0 Å². The molecule has 1 unspecified atom stereocenters. The van der Waals surface area contributed by atoms with E-state index >= 15 is 0 Å². The Balaban J connectivity index is 3.45. The molecule has 316 valence electrons. The van der Waals surface area contributed by atoms with Gasteiger partial charge in [0, 0.05) is 13.0 Å². The zero-order valence-corrected chi connectivity index (χ0v) is 36.2. The number of hydrogen-bond donors (Lipinski definition) is 1. The molecule has 0 radical (unpaired) electrons. The van der Waals surface area contributed by atoms with E-state index in [0.29, 0.717) is 13.0 Å². The number of esters is 1. The van der Waals surface area contributed by atoms with Gasteiger partial charge in [-0.05, 0) is 83.5 Å². The molecule has 1 atom stereocenters. The lowest BCUT2D eigenvalue weighted by molar-refractivity contribution is -0.154. The molecule has 0 aromatic carbocycles. The lowest BCUT2D eigenvalue weighted by Crippen LogP contribution is -2.27. The average Bonchev–Trinajstić information content (AvgIpc) is 3.19. The highest BCUT2D eigenvalue weighted by atomic mass is 16.6. The van der Waals surface area contributed by atoms with Crippen LogP contribution in [0.15, 0.2) is 85.1 Å². The van der Waals surface area contributed by atoms with Gasteiger partial charge in [-0.3, -0.25) is 4.79 Å². The summed E-state index contributed by atoms with van der Waals surface area (Å²) in [5, 5.41) is 9.63. The third-order valence-electron chi connectivity index (χ3n) is 9.72. The van der Waals surface area contributed by atoms with Gasteiger partial charge in [-0.2, -0.15) is 0 Å². The molecule has 0 aliphatic heterocycles. The first-order chi connectivity index (χ1) is 27.2. The highest BCUT2D eigenvalue weighted by Crippen LogP contribution is 2.14. The second-order valence-electron chi connectivity index (χ2n) is 15.1. The van der Waals surface area contributed by atoms with E-state index in [1.54, 1.807) is 0 Å². The highest BCUT2D eigenvalue weighted by molar-refractivity contribution is 5.69. The van der Waals surface area contributed by atoms with Gasteiger partial charge in [0.15, 0.2) is 0 Å². The van der Waals surface area contributed by atoms with Crippen molar-refractivity contribution in [3.8, 4) is 0 Å². The monoisotopic (exact) mass is 765 g/mol. The van der Waals surface area contributed by atoms with Gasteiger partial charge in [-0.15, -0.1) is 0 Å². The Labute approximate surface area is 341 Å². The van der Waals surface area contributed by atoms with Gasteiger partial charge in [-0.25, -0.2) is 0 Å². The smallest absolute Gasteiger partial charge is 0.306 e. The normalized spacial score (nSPS) is 13.1. The third-order valence-corrected chi connectivity index (χ3v) is 9.72. The summed E-state index contributed by atoms with van der Waals surface area (Å²) in [5.74, 6) is -0.208. The van der Waals surface area contributed by atoms with Crippen LogP contribution in [0.3, 0.4) is 0 Å². The van der Waals surface area contributed by atoms with Crippen LogP contribution in [0.4, 0.5) is 0 Å². The molecule has 1 N–H and O–H groups in total. The van der Waals surface area contributed by atoms with Crippen molar-refractivity contribution < 1.29 is 19.4 Å². The van der Waals surface area contributed by atoms with Crippen molar-refractivity contribution in [1.82, 2.24) is 0 Å². The minimum atomic E-state index is -0.544. The summed E-state index contributed by atoms with van der Waals surface area (Å²) in [5.41, 5.74) is 0. The van der Waals surface area contributed by atoms with Gasteiger partial charge in [0.25, 0.3) is 0 Å². The molecule has 0 saturated heterocycles. The molecule has 4 nitrogen and oxygen atoms in total. The molecule has 0 spiro atoms. The van der Waals surface area contributed by atoms with Crippen LogP contribution in [0, 0.1) is 0 Å². The maximum Gasteiger partial charge on any atom is 0.306 e.